The van der Waals surface area contributed by atoms with Crippen LogP contribution in [0, 0.1) is 9.39 Å². The van der Waals surface area contributed by atoms with Crippen molar-refractivity contribution in [3.8, 4) is 0 Å². The zero-order valence-electron chi connectivity index (χ0n) is 11.2. The predicted octanol–water partition coefficient (Wildman–Crippen LogP) is 3.05. The van der Waals surface area contributed by atoms with Crippen molar-refractivity contribution in [1.29, 1.82) is 0 Å². The van der Waals surface area contributed by atoms with Crippen molar-refractivity contribution in [3.05, 3.63) is 44.6 Å². The van der Waals surface area contributed by atoms with E-state index in [1.807, 2.05) is 35.7 Å². The van der Waals surface area contributed by atoms with Gasteiger partial charge in [0.2, 0.25) is 0 Å². The van der Waals surface area contributed by atoms with Crippen LogP contribution in [0.25, 0.3) is 0 Å². The first-order valence-electron chi connectivity index (χ1n) is 6.13. The highest BCUT2D eigenvalue weighted by Gasteiger charge is 2.18. The minimum absolute atomic E-state index is 0.258. The summed E-state index contributed by atoms with van der Waals surface area (Å²) in [6.45, 7) is 0.795. The van der Waals surface area contributed by atoms with E-state index in [1.165, 1.54) is 29.5 Å². The molecular formula is C13H14FIN2O2S2. The minimum Gasteiger partial charge on any atom is -0.319 e. The van der Waals surface area contributed by atoms with Gasteiger partial charge in [0.25, 0.3) is 10.0 Å². The summed E-state index contributed by atoms with van der Waals surface area (Å²) in [5.74, 6) is -0.396. The summed E-state index contributed by atoms with van der Waals surface area (Å²) < 4.78 is 40.9. The predicted molar refractivity (Wildman–Crippen MR) is 91.9 cm³/mol. The molecule has 21 heavy (non-hydrogen) atoms. The van der Waals surface area contributed by atoms with Gasteiger partial charge < -0.3 is 5.32 Å². The number of halogens is 2. The Kier molecular flexibility index (Phi) is 5.58. The molecule has 0 fully saturated rings. The number of hydrogen-bond donors (Lipinski definition) is 2. The summed E-state index contributed by atoms with van der Waals surface area (Å²) in [5.41, 5.74) is 0.377. The first kappa shape index (κ1) is 16.7. The Morgan fingerprint density at radius 2 is 2.05 bits per heavy atom. The fraction of sp³-hybridized carbons (Fsp3) is 0.231. The van der Waals surface area contributed by atoms with E-state index in [0.29, 0.717) is 9.26 Å². The average Bonchev–Trinajstić information content (AvgIpc) is 2.89. The molecule has 0 amide bonds. The van der Waals surface area contributed by atoms with E-state index in [1.54, 1.807) is 6.07 Å². The lowest BCUT2D eigenvalue weighted by Crippen LogP contribution is -2.12. The van der Waals surface area contributed by atoms with Crippen molar-refractivity contribution in [3.63, 3.8) is 0 Å². The molecular weight excluding hydrogens is 426 g/mol. The first-order valence-corrected chi connectivity index (χ1v) is 9.51. The van der Waals surface area contributed by atoms with E-state index in [4.69, 9.17) is 0 Å². The van der Waals surface area contributed by atoms with Crippen LogP contribution in [0.5, 0.6) is 0 Å². The van der Waals surface area contributed by atoms with Gasteiger partial charge >= 0.3 is 0 Å². The maximum absolute atomic E-state index is 13.0. The van der Waals surface area contributed by atoms with Gasteiger partial charge in [0.05, 0.1) is 5.69 Å². The quantitative estimate of drug-likeness (QED) is 0.680. The van der Waals surface area contributed by atoms with E-state index >= 15 is 0 Å². The Labute approximate surface area is 141 Å². The van der Waals surface area contributed by atoms with E-state index in [0.717, 1.165) is 17.8 Å². The highest BCUT2D eigenvalue weighted by molar-refractivity contribution is 14.1. The standard InChI is InChI=1S/C13H14FIN2O2S2/c1-16-7-6-10-3-5-13(20-10)21(18,19)17-12-4-2-9(14)8-11(12)15/h2-5,8,16-17H,6-7H2,1H3. The lowest BCUT2D eigenvalue weighted by atomic mass is 10.3. The second-order valence-corrected chi connectivity index (χ2v) is 8.54. The highest BCUT2D eigenvalue weighted by Crippen LogP contribution is 2.26. The van der Waals surface area contributed by atoms with Gasteiger partial charge in [0.15, 0.2) is 0 Å². The lowest BCUT2D eigenvalue weighted by Gasteiger charge is -2.08. The topological polar surface area (TPSA) is 58.2 Å². The molecule has 0 bridgehead atoms. The van der Waals surface area contributed by atoms with Crippen molar-refractivity contribution >= 4 is 49.6 Å². The molecule has 0 aliphatic rings. The number of rotatable bonds is 6. The molecule has 0 spiro atoms. The molecule has 0 radical (unpaired) electrons. The summed E-state index contributed by atoms with van der Waals surface area (Å²) in [6.07, 6.45) is 0.783. The number of sulfonamides is 1. The summed E-state index contributed by atoms with van der Waals surface area (Å²) in [7, 11) is -1.78. The Morgan fingerprint density at radius 1 is 1.29 bits per heavy atom. The largest absolute Gasteiger partial charge is 0.319 e. The minimum atomic E-state index is -3.63. The zero-order chi connectivity index (χ0) is 15.5. The number of likely N-dealkylation sites (N-methyl/N-ethyl adjacent to an activating group) is 1. The molecule has 114 valence electrons. The first-order chi connectivity index (χ1) is 9.92. The van der Waals surface area contributed by atoms with Gasteiger partial charge in [-0.1, -0.05) is 0 Å². The third-order valence-corrected chi connectivity index (χ3v) is 6.59. The summed E-state index contributed by atoms with van der Waals surface area (Å²) in [5, 5.41) is 3.02. The Balaban J connectivity index is 2.19. The zero-order valence-corrected chi connectivity index (χ0v) is 15.0. The second-order valence-electron chi connectivity index (χ2n) is 4.30. The molecule has 1 aromatic heterocycles. The Hall–Kier alpha value is -0.710. The van der Waals surface area contributed by atoms with Crippen LogP contribution in [0.15, 0.2) is 34.5 Å². The molecule has 2 aromatic rings. The maximum Gasteiger partial charge on any atom is 0.271 e. The van der Waals surface area contributed by atoms with Crippen LogP contribution in [0.4, 0.5) is 10.1 Å². The highest BCUT2D eigenvalue weighted by atomic mass is 127. The monoisotopic (exact) mass is 440 g/mol. The molecule has 4 nitrogen and oxygen atoms in total. The molecule has 1 aromatic carbocycles. The van der Waals surface area contributed by atoms with Crippen molar-refractivity contribution in [1.82, 2.24) is 5.32 Å². The number of nitrogens with one attached hydrogen (secondary N) is 2. The van der Waals surface area contributed by atoms with Gasteiger partial charge in [-0.05, 0) is 72.9 Å². The van der Waals surface area contributed by atoms with Gasteiger partial charge in [0, 0.05) is 8.45 Å². The number of hydrogen-bond acceptors (Lipinski definition) is 4. The van der Waals surface area contributed by atoms with Crippen LogP contribution < -0.4 is 10.0 Å². The van der Waals surface area contributed by atoms with E-state index < -0.39 is 15.8 Å². The maximum atomic E-state index is 13.0. The average molecular weight is 440 g/mol. The SMILES string of the molecule is CNCCc1ccc(S(=O)(=O)Nc2ccc(F)cc2I)s1. The molecule has 1 heterocycles. The fourth-order valence-corrected chi connectivity index (χ4v) is 4.88. The van der Waals surface area contributed by atoms with Crippen molar-refractivity contribution < 1.29 is 12.8 Å². The Bertz CT molecular complexity index is 732. The molecule has 0 unspecified atom stereocenters. The van der Waals surface area contributed by atoms with Crippen LogP contribution in [0.1, 0.15) is 4.88 Å². The second kappa shape index (κ2) is 7.03. The van der Waals surface area contributed by atoms with E-state index in [9.17, 15) is 12.8 Å². The van der Waals surface area contributed by atoms with Crippen molar-refractivity contribution in [2.75, 3.05) is 18.3 Å². The molecule has 0 saturated heterocycles. The molecule has 8 heteroatoms. The summed E-state index contributed by atoms with van der Waals surface area (Å²) >= 11 is 3.14. The smallest absolute Gasteiger partial charge is 0.271 e. The van der Waals surface area contributed by atoms with E-state index in [-0.39, 0.29) is 4.21 Å². The molecule has 0 aliphatic heterocycles. The lowest BCUT2D eigenvalue weighted by molar-refractivity contribution is 0.603. The van der Waals surface area contributed by atoms with Crippen LogP contribution in [-0.2, 0) is 16.4 Å². The molecule has 0 atom stereocenters. The van der Waals surface area contributed by atoms with Gasteiger partial charge in [-0.2, -0.15) is 0 Å². The van der Waals surface area contributed by atoms with Gasteiger partial charge in [-0.25, -0.2) is 12.8 Å². The summed E-state index contributed by atoms with van der Waals surface area (Å²) in [6, 6.07) is 7.34. The number of thiophene rings is 1. The van der Waals surface area contributed by atoms with Crippen LogP contribution >= 0.6 is 33.9 Å². The van der Waals surface area contributed by atoms with Crippen LogP contribution in [0.3, 0.4) is 0 Å². The number of anilines is 1. The fourth-order valence-electron chi connectivity index (χ4n) is 1.65. The molecule has 2 rings (SSSR count). The normalized spacial score (nSPS) is 11.6. The van der Waals surface area contributed by atoms with Gasteiger partial charge in [-0.3, -0.25) is 4.72 Å². The molecule has 0 saturated carbocycles. The van der Waals surface area contributed by atoms with E-state index in [2.05, 4.69) is 10.0 Å². The van der Waals surface area contributed by atoms with Gasteiger partial charge in [0.1, 0.15) is 10.0 Å². The van der Waals surface area contributed by atoms with Gasteiger partial charge in [-0.15, -0.1) is 11.3 Å². The van der Waals surface area contributed by atoms with Crippen LogP contribution in [-0.4, -0.2) is 22.0 Å². The number of benzene rings is 1. The molecule has 2 N–H and O–H groups in total. The van der Waals surface area contributed by atoms with Crippen molar-refractivity contribution in [2.24, 2.45) is 0 Å². The third kappa shape index (κ3) is 4.38. The summed E-state index contributed by atoms with van der Waals surface area (Å²) in [4.78, 5) is 0.999. The third-order valence-electron chi connectivity index (χ3n) is 2.70. The van der Waals surface area contributed by atoms with Crippen LogP contribution in [0.2, 0.25) is 0 Å². The Morgan fingerprint density at radius 3 is 2.71 bits per heavy atom. The molecule has 0 aliphatic carbocycles. The van der Waals surface area contributed by atoms with Crippen molar-refractivity contribution in [2.45, 2.75) is 10.6 Å².